The normalized spacial score (nSPS) is 16.5. The van der Waals surface area contributed by atoms with Crippen molar-refractivity contribution in [3.63, 3.8) is 0 Å². The molecule has 2 aromatic heterocycles. The van der Waals surface area contributed by atoms with Gasteiger partial charge in [0.15, 0.2) is 24.8 Å². The molecule has 29 heavy (non-hydrogen) atoms. The van der Waals surface area contributed by atoms with Crippen LogP contribution in [0, 0.1) is 5.92 Å². The smallest absolute Gasteiger partial charge is 0.169 e. The van der Waals surface area contributed by atoms with Gasteiger partial charge in [-0.25, -0.2) is 9.13 Å². The molecule has 4 heteroatoms. The molecule has 0 aliphatic heterocycles. The zero-order chi connectivity index (χ0) is 18.7. The molecule has 2 aliphatic rings. The van der Waals surface area contributed by atoms with Crippen LogP contribution in [0.2, 0.25) is 0 Å². The van der Waals surface area contributed by atoms with Gasteiger partial charge in [-0.1, -0.05) is 24.3 Å². The maximum atomic E-state index is 2.40. The second-order valence-corrected chi connectivity index (χ2v) is 7.74. The Bertz CT molecular complexity index is 732. The number of hydrogen-bond acceptors (Lipinski definition) is 0. The van der Waals surface area contributed by atoms with Crippen molar-refractivity contribution >= 4 is 0 Å². The van der Waals surface area contributed by atoms with Gasteiger partial charge in [-0.3, -0.25) is 0 Å². The molecule has 0 N–H and O–H groups in total. The van der Waals surface area contributed by atoms with Crippen LogP contribution in [0.3, 0.4) is 0 Å². The minimum atomic E-state index is 0. The number of halogens is 1. The van der Waals surface area contributed by atoms with Crippen LogP contribution in [0.1, 0.15) is 51.4 Å². The van der Waals surface area contributed by atoms with E-state index in [0.717, 1.165) is 12.5 Å². The molecular weight excluding hydrogens is 511 g/mol. The van der Waals surface area contributed by atoms with E-state index in [-0.39, 0.29) is 41.0 Å². The Morgan fingerprint density at radius 2 is 1.45 bits per heavy atom. The first-order chi connectivity index (χ1) is 13.3. The van der Waals surface area contributed by atoms with Crippen molar-refractivity contribution in [2.24, 2.45) is 13.0 Å². The Kier molecular flexibility index (Phi) is 13.4. The third-order valence-corrected chi connectivity index (χ3v) is 5.46. The van der Waals surface area contributed by atoms with Crippen LogP contribution in [0.4, 0.5) is 0 Å². The molecule has 0 radical (unpaired) electrons. The van der Waals surface area contributed by atoms with E-state index in [0.29, 0.717) is 0 Å². The van der Waals surface area contributed by atoms with Crippen LogP contribution < -0.4 is 33.1 Å². The summed E-state index contributed by atoms with van der Waals surface area (Å²) in [5, 5.41) is 0. The van der Waals surface area contributed by atoms with Crippen molar-refractivity contribution in [3.05, 3.63) is 73.4 Å². The molecule has 0 bridgehead atoms. The van der Waals surface area contributed by atoms with E-state index in [9.17, 15) is 0 Å². The first-order valence-electron chi connectivity index (χ1n) is 10.6. The van der Waals surface area contributed by atoms with E-state index in [1.54, 1.807) is 0 Å². The fourth-order valence-electron chi connectivity index (χ4n) is 3.72. The third kappa shape index (κ3) is 9.59. The molecular formula is C25H34FeIN2+. The summed E-state index contributed by atoms with van der Waals surface area (Å²) in [6, 6.07) is 8.76. The van der Waals surface area contributed by atoms with Gasteiger partial charge in [-0.2, -0.15) is 0 Å². The maximum absolute atomic E-state index is 2.40. The topological polar surface area (TPSA) is 7.76 Å². The number of aryl methyl sites for hydroxylation is 2. The molecule has 0 spiro atoms. The molecule has 2 nitrogen and oxygen atoms in total. The summed E-state index contributed by atoms with van der Waals surface area (Å²) in [6.45, 7) is 1.13. The average Bonchev–Trinajstić information content (AvgIpc) is 3.43. The van der Waals surface area contributed by atoms with Crippen LogP contribution in [0.15, 0.2) is 73.4 Å². The molecule has 0 aromatic carbocycles. The first-order valence-corrected chi connectivity index (χ1v) is 10.6. The van der Waals surface area contributed by atoms with Gasteiger partial charge in [-0.05, 0) is 62.0 Å². The minimum Gasteiger partial charge on any atom is -1.00 e. The Balaban J connectivity index is 0.000000527. The van der Waals surface area contributed by atoms with Gasteiger partial charge in [0.2, 0.25) is 0 Å². The number of pyridine rings is 2. The number of allylic oxidation sites excluding steroid dienone is 4. The predicted octanol–water partition coefficient (Wildman–Crippen LogP) is 2.33. The van der Waals surface area contributed by atoms with Crippen LogP contribution in [0.25, 0.3) is 11.1 Å². The number of aromatic nitrogens is 2. The second-order valence-electron chi connectivity index (χ2n) is 7.74. The van der Waals surface area contributed by atoms with Crippen molar-refractivity contribution in [1.29, 1.82) is 0 Å². The summed E-state index contributed by atoms with van der Waals surface area (Å²) in [4.78, 5) is 0. The van der Waals surface area contributed by atoms with Gasteiger partial charge < -0.3 is 24.0 Å². The molecule has 2 aromatic rings. The fraction of sp³-hybridized carbons (Fsp3) is 0.440. The molecule has 0 fully saturated rings. The van der Waals surface area contributed by atoms with E-state index in [4.69, 9.17) is 0 Å². The number of unbranched alkanes of at least 4 members (excludes halogenated alkanes) is 1. The summed E-state index contributed by atoms with van der Waals surface area (Å²) >= 11 is 0. The minimum absolute atomic E-state index is 0. The molecule has 4 rings (SSSR count). The monoisotopic (exact) mass is 545 g/mol. The number of nitrogens with zero attached hydrogens (tertiary/aromatic N) is 2. The summed E-state index contributed by atoms with van der Waals surface area (Å²) in [6.07, 6.45) is 28.5. The summed E-state index contributed by atoms with van der Waals surface area (Å²) in [7, 11) is 2.05. The molecule has 2 heterocycles. The summed E-state index contributed by atoms with van der Waals surface area (Å²) in [5.74, 6) is 0.854. The third-order valence-electron chi connectivity index (χ3n) is 5.46. The van der Waals surface area contributed by atoms with E-state index < -0.39 is 0 Å². The Morgan fingerprint density at radius 3 is 1.97 bits per heavy atom. The van der Waals surface area contributed by atoms with Crippen molar-refractivity contribution in [1.82, 2.24) is 0 Å². The van der Waals surface area contributed by atoms with E-state index in [1.165, 1.54) is 62.5 Å². The predicted molar refractivity (Wildman–Crippen MR) is 112 cm³/mol. The van der Waals surface area contributed by atoms with Gasteiger partial charge in [0.1, 0.15) is 13.6 Å². The van der Waals surface area contributed by atoms with Gasteiger partial charge in [0, 0.05) is 47.8 Å². The largest absolute Gasteiger partial charge is 1.00 e. The molecule has 0 amide bonds. The maximum Gasteiger partial charge on any atom is 0.169 e. The fourth-order valence-corrected chi connectivity index (χ4v) is 3.72. The Labute approximate surface area is 204 Å². The zero-order valence-electron chi connectivity index (χ0n) is 17.5. The molecule has 0 saturated heterocycles. The van der Waals surface area contributed by atoms with Crippen molar-refractivity contribution in [2.45, 2.75) is 57.9 Å². The SMILES string of the molecule is C1=CCCC1.C[n+]1ccc(-c2cc[n+](CCCC[C@@H]3C=CCC3)cc2)cc1.[Fe].[I-]. The standard InChI is InChI=1S/C20H26N2.C5H8.Fe.HI/c1-21-14-9-19(10-15-21)20-11-16-22(17-12-20)13-5-4-8-18-6-2-3-7-18;1-2-4-5-3-1;;/h2,6,9-12,14-18H,3-5,7-8,13H2,1H3;1-2H,3-5H2;;1H/q+2;;;/p-1/t18-;;;/m1.../s1. The van der Waals surface area contributed by atoms with Crippen LogP contribution in [0.5, 0.6) is 0 Å². The second kappa shape index (κ2) is 14.9. The molecule has 1 atom stereocenters. The van der Waals surface area contributed by atoms with Crippen molar-refractivity contribution in [2.75, 3.05) is 0 Å². The first kappa shape index (κ1) is 26.1. The van der Waals surface area contributed by atoms with Gasteiger partial charge >= 0.3 is 0 Å². The summed E-state index contributed by atoms with van der Waals surface area (Å²) < 4.78 is 4.36. The number of rotatable bonds is 6. The molecule has 2 aliphatic carbocycles. The van der Waals surface area contributed by atoms with Crippen molar-refractivity contribution in [3.8, 4) is 11.1 Å². The van der Waals surface area contributed by atoms with Gasteiger partial charge in [0.25, 0.3) is 0 Å². The Morgan fingerprint density at radius 1 is 0.828 bits per heavy atom. The zero-order valence-corrected chi connectivity index (χ0v) is 20.8. The molecule has 158 valence electrons. The van der Waals surface area contributed by atoms with E-state index >= 15 is 0 Å². The van der Waals surface area contributed by atoms with Gasteiger partial charge in [-0.15, -0.1) is 0 Å². The number of hydrogen-bond donors (Lipinski definition) is 0. The van der Waals surface area contributed by atoms with Crippen molar-refractivity contribution < 1.29 is 50.2 Å². The summed E-state index contributed by atoms with van der Waals surface area (Å²) in [5.41, 5.74) is 2.56. The Hall–Kier alpha value is -0.971. The average molecular weight is 545 g/mol. The van der Waals surface area contributed by atoms with E-state index in [1.807, 2.05) is 7.05 Å². The van der Waals surface area contributed by atoms with Crippen LogP contribution >= 0.6 is 0 Å². The molecule has 0 saturated carbocycles. The van der Waals surface area contributed by atoms with Gasteiger partial charge in [0.05, 0.1) is 0 Å². The molecule has 0 unspecified atom stereocenters. The van der Waals surface area contributed by atoms with E-state index in [2.05, 4.69) is 82.5 Å². The van der Waals surface area contributed by atoms with Crippen LogP contribution in [-0.4, -0.2) is 0 Å². The van der Waals surface area contributed by atoms with Crippen LogP contribution in [-0.2, 0) is 30.7 Å². The quantitative estimate of drug-likeness (QED) is 0.173.